The number of carbonyl (C=O) groups excluding carboxylic acids is 3. The van der Waals surface area contributed by atoms with Gasteiger partial charge in [-0.1, -0.05) is 18.2 Å². The lowest BCUT2D eigenvalue weighted by atomic mass is 10.1. The number of thioether (sulfide) groups is 1. The Balaban J connectivity index is 1.52. The summed E-state index contributed by atoms with van der Waals surface area (Å²) in [4.78, 5) is 39.5. The minimum absolute atomic E-state index is 0.178. The highest BCUT2D eigenvalue weighted by Gasteiger charge is 2.42. The second-order valence-electron chi connectivity index (χ2n) is 10.6. The minimum atomic E-state index is -5.74. The maximum absolute atomic E-state index is 14.3. The molecule has 0 saturated heterocycles. The number of alkyl halides is 3. The lowest BCUT2D eigenvalue weighted by Crippen LogP contribution is -2.30. The van der Waals surface area contributed by atoms with Crippen LogP contribution in [0.4, 0.5) is 42.1 Å². The van der Waals surface area contributed by atoms with E-state index in [4.69, 9.17) is 14.2 Å². The van der Waals surface area contributed by atoms with Crippen molar-refractivity contribution < 1.29 is 59.3 Å². The van der Waals surface area contributed by atoms with Crippen LogP contribution in [0.25, 0.3) is 6.08 Å². The Kier molecular flexibility index (Phi) is 12.4. The average Bonchev–Trinajstić information content (AvgIpc) is 3.12. The zero-order valence-electron chi connectivity index (χ0n) is 27.5. The molecule has 1 atom stereocenters. The Morgan fingerprint density at radius 3 is 1.83 bits per heavy atom. The number of halogens is 7. The third kappa shape index (κ3) is 8.95. The van der Waals surface area contributed by atoms with Gasteiger partial charge in [-0.3, -0.25) is 14.4 Å². The number of carbonyl (C=O) groups is 3. The zero-order valence-corrected chi connectivity index (χ0v) is 28.3. The molecule has 3 amide bonds. The van der Waals surface area contributed by atoms with Crippen LogP contribution in [0.3, 0.4) is 0 Å². The van der Waals surface area contributed by atoms with E-state index in [-0.39, 0.29) is 28.4 Å². The molecule has 9 nitrogen and oxygen atoms in total. The monoisotopic (exact) mass is 751 g/mol. The van der Waals surface area contributed by atoms with Gasteiger partial charge in [-0.25, -0.2) is 17.6 Å². The maximum Gasteiger partial charge on any atom is 0.422 e. The molecule has 4 rings (SSSR count). The van der Waals surface area contributed by atoms with Gasteiger partial charge >= 0.3 is 6.18 Å². The summed E-state index contributed by atoms with van der Waals surface area (Å²) in [6.45, 7) is 1.26. The fourth-order valence-corrected chi connectivity index (χ4v) is 5.45. The predicted molar refractivity (Wildman–Crippen MR) is 178 cm³/mol. The first kappa shape index (κ1) is 39.1. The highest BCUT2D eigenvalue weighted by Crippen LogP contribution is 2.40. The van der Waals surface area contributed by atoms with Gasteiger partial charge in [0, 0.05) is 16.1 Å². The van der Waals surface area contributed by atoms with Crippen LogP contribution in [0.5, 0.6) is 17.2 Å². The van der Waals surface area contributed by atoms with E-state index in [1.165, 1.54) is 58.6 Å². The van der Waals surface area contributed by atoms with Gasteiger partial charge in [-0.15, -0.1) is 11.8 Å². The van der Waals surface area contributed by atoms with Gasteiger partial charge in [-0.2, -0.15) is 13.2 Å². The van der Waals surface area contributed by atoms with Crippen molar-refractivity contribution >= 4 is 46.9 Å². The van der Waals surface area contributed by atoms with Crippen LogP contribution in [0, 0.1) is 23.3 Å². The fraction of sp³-hybridized carbons (Fsp3) is 0.171. The molecule has 1 unspecified atom stereocenters. The maximum atomic E-state index is 14.3. The SMILES string of the molecule is COc1cc(/C=C(\NC(=O)c2ccccc2)C(=O)Nc2ccc(SC(C)C(=O)Nc3c(F)c(F)c(C(F)(F)F)c(F)c3F)cc2)cc(OC)c1OC. The Morgan fingerprint density at radius 2 is 1.33 bits per heavy atom. The first-order valence-corrected chi connectivity index (χ1v) is 15.7. The Labute approximate surface area is 296 Å². The summed E-state index contributed by atoms with van der Waals surface area (Å²) in [6.07, 6.45) is -4.36. The summed E-state index contributed by atoms with van der Waals surface area (Å²) < 4.78 is 111. The molecular formula is C35H28F7N3O6S. The smallest absolute Gasteiger partial charge is 0.422 e. The van der Waals surface area contributed by atoms with Crippen LogP contribution in [0.1, 0.15) is 28.4 Å². The van der Waals surface area contributed by atoms with Gasteiger partial charge in [0.25, 0.3) is 11.8 Å². The molecule has 52 heavy (non-hydrogen) atoms. The summed E-state index contributed by atoms with van der Waals surface area (Å²) in [5.74, 6) is -11.9. The quantitative estimate of drug-likeness (QED) is 0.0586. The molecule has 0 saturated carbocycles. The minimum Gasteiger partial charge on any atom is -0.493 e. The van der Waals surface area contributed by atoms with E-state index in [2.05, 4.69) is 10.6 Å². The summed E-state index contributed by atoms with van der Waals surface area (Å²) >= 11 is 0.811. The molecule has 0 radical (unpaired) electrons. The van der Waals surface area contributed by atoms with Crippen LogP contribution in [0.2, 0.25) is 0 Å². The molecule has 0 aliphatic heterocycles. The van der Waals surface area contributed by atoms with Crippen molar-refractivity contribution in [3.8, 4) is 17.2 Å². The normalized spacial score (nSPS) is 12.1. The molecule has 17 heteroatoms. The fourth-order valence-electron chi connectivity index (χ4n) is 4.58. The second-order valence-corrected chi connectivity index (χ2v) is 12.0. The number of ether oxygens (including phenoxy) is 3. The van der Waals surface area contributed by atoms with Crippen molar-refractivity contribution in [3.05, 3.63) is 112 Å². The number of rotatable bonds is 12. The second kappa shape index (κ2) is 16.5. The van der Waals surface area contributed by atoms with Crippen molar-refractivity contribution in [2.24, 2.45) is 0 Å². The molecule has 4 aromatic carbocycles. The molecule has 4 aromatic rings. The van der Waals surface area contributed by atoms with Gasteiger partial charge in [0.15, 0.2) is 34.8 Å². The van der Waals surface area contributed by atoms with Gasteiger partial charge < -0.3 is 30.2 Å². The largest absolute Gasteiger partial charge is 0.493 e. The molecule has 274 valence electrons. The van der Waals surface area contributed by atoms with Crippen molar-refractivity contribution in [3.63, 3.8) is 0 Å². The molecular weight excluding hydrogens is 723 g/mol. The summed E-state index contributed by atoms with van der Waals surface area (Å²) in [5, 5.41) is 5.65. The molecule has 0 aliphatic carbocycles. The molecule has 3 N–H and O–H groups in total. The van der Waals surface area contributed by atoms with Crippen LogP contribution < -0.4 is 30.2 Å². The van der Waals surface area contributed by atoms with E-state index in [1.807, 2.05) is 0 Å². The Hall–Kier alpha value is -5.71. The van der Waals surface area contributed by atoms with Crippen LogP contribution in [-0.4, -0.2) is 44.3 Å². The number of anilines is 2. The van der Waals surface area contributed by atoms with Crippen LogP contribution >= 0.6 is 11.8 Å². The molecule has 0 aliphatic rings. The summed E-state index contributed by atoms with van der Waals surface area (Å²) in [6, 6.07) is 17.0. The number of benzene rings is 4. The van der Waals surface area contributed by atoms with E-state index in [9.17, 15) is 45.1 Å². The van der Waals surface area contributed by atoms with Crippen LogP contribution in [0.15, 0.2) is 77.3 Å². The topological polar surface area (TPSA) is 115 Å². The Bertz CT molecular complexity index is 1960. The average molecular weight is 752 g/mol. The first-order valence-electron chi connectivity index (χ1n) is 14.8. The highest BCUT2D eigenvalue weighted by molar-refractivity contribution is 8.00. The zero-order chi connectivity index (χ0) is 38.3. The molecule has 0 aromatic heterocycles. The van der Waals surface area contributed by atoms with E-state index in [0.717, 1.165) is 11.8 Å². The standard InChI is InChI=1S/C35H28F7N3O6S/c1-17(32(46)45-30-28(38)26(36)25(35(40,41)42)27(37)29(30)39)52-21-12-10-20(11-13-21)43-34(48)22(44-33(47)19-8-6-5-7-9-19)14-18-15-23(49-2)31(51-4)24(16-18)50-3/h5-17H,1-4H3,(H,43,48)(H,44,47)(H,45,46)/b22-14-. The van der Waals surface area contributed by atoms with Crippen molar-refractivity contribution in [1.82, 2.24) is 5.32 Å². The lowest BCUT2D eigenvalue weighted by Gasteiger charge is -2.16. The summed E-state index contributed by atoms with van der Waals surface area (Å²) in [5.41, 5.74) is -3.76. The number of amides is 3. The van der Waals surface area contributed by atoms with E-state index in [1.54, 1.807) is 47.8 Å². The van der Waals surface area contributed by atoms with Gasteiger partial charge in [0.1, 0.15) is 16.9 Å². The van der Waals surface area contributed by atoms with Gasteiger partial charge in [0.05, 0.1) is 26.6 Å². The van der Waals surface area contributed by atoms with Crippen molar-refractivity contribution in [1.29, 1.82) is 0 Å². The van der Waals surface area contributed by atoms with Crippen molar-refractivity contribution in [2.45, 2.75) is 23.2 Å². The number of hydrogen-bond donors (Lipinski definition) is 3. The Morgan fingerprint density at radius 1 is 0.769 bits per heavy atom. The molecule has 0 spiro atoms. The number of hydrogen-bond acceptors (Lipinski definition) is 7. The van der Waals surface area contributed by atoms with Gasteiger partial charge in [-0.05, 0) is 67.1 Å². The molecule has 0 bridgehead atoms. The molecule has 0 heterocycles. The van der Waals surface area contributed by atoms with Gasteiger partial charge in [0.2, 0.25) is 11.7 Å². The third-order valence-electron chi connectivity index (χ3n) is 7.12. The highest BCUT2D eigenvalue weighted by atomic mass is 32.2. The number of methoxy groups -OCH3 is 3. The van der Waals surface area contributed by atoms with E-state index >= 15 is 0 Å². The van der Waals surface area contributed by atoms with E-state index in [0.29, 0.717) is 16.2 Å². The van der Waals surface area contributed by atoms with Crippen LogP contribution in [-0.2, 0) is 15.8 Å². The van der Waals surface area contributed by atoms with Crippen molar-refractivity contribution in [2.75, 3.05) is 32.0 Å². The lowest BCUT2D eigenvalue weighted by molar-refractivity contribution is -0.143. The third-order valence-corrected chi connectivity index (χ3v) is 8.23. The van der Waals surface area contributed by atoms with E-state index < -0.39 is 63.7 Å². The predicted octanol–water partition coefficient (Wildman–Crippen LogP) is 7.82. The number of nitrogens with one attached hydrogen (secondary N) is 3. The first-order chi connectivity index (χ1) is 24.6. The molecule has 0 fully saturated rings. The summed E-state index contributed by atoms with van der Waals surface area (Å²) in [7, 11) is 4.24.